The summed E-state index contributed by atoms with van der Waals surface area (Å²) in [6.45, 7) is 2.02. The van der Waals surface area contributed by atoms with E-state index < -0.39 is 0 Å². The molecule has 3 atom stereocenters. The van der Waals surface area contributed by atoms with Crippen LogP contribution >= 0.6 is 11.3 Å². The first-order valence-electron chi connectivity index (χ1n) is 6.94. The Bertz CT molecular complexity index is 406. The maximum Gasteiger partial charge on any atom is 0.0954 e. The van der Waals surface area contributed by atoms with Crippen molar-refractivity contribution in [3.8, 4) is 0 Å². The van der Waals surface area contributed by atoms with Gasteiger partial charge in [-0.3, -0.25) is 0 Å². The van der Waals surface area contributed by atoms with Gasteiger partial charge in [0.2, 0.25) is 0 Å². The van der Waals surface area contributed by atoms with E-state index in [9.17, 15) is 5.11 Å². The van der Waals surface area contributed by atoms with Gasteiger partial charge in [0.15, 0.2) is 0 Å². The SMILES string of the molecule is Cc1csc(CC(O)C2CC3CCC(C2)N3C)n1. The average molecular weight is 266 g/mol. The summed E-state index contributed by atoms with van der Waals surface area (Å²) in [7, 11) is 2.25. The standard InChI is InChI=1S/C14H22N2OS/c1-9-8-18-14(15-9)7-13(17)10-5-11-3-4-12(6-10)16(11)2/h8,10-13,17H,3-7H2,1-2H3. The fourth-order valence-corrected chi connectivity index (χ4v) is 4.43. The lowest BCUT2D eigenvalue weighted by molar-refractivity contribution is 0.0367. The lowest BCUT2D eigenvalue weighted by Gasteiger charge is -2.38. The van der Waals surface area contributed by atoms with Gasteiger partial charge in [0.25, 0.3) is 0 Å². The van der Waals surface area contributed by atoms with Gasteiger partial charge in [0, 0.05) is 29.6 Å². The van der Waals surface area contributed by atoms with Crippen LogP contribution in [0.3, 0.4) is 0 Å². The molecule has 2 bridgehead atoms. The van der Waals surface area contributed by atoms with E-state index in [2.05, 4.69) is 22.3 Å². The van der Waals surface area contributed by atoms with Crippen LogP contribution in [0.1, 0.15) is 36.4 Å². The second kappa shape index (κ2) is 4.91. The van der Waals surface area contributed by atoms with Gasteiger partial charge in [-0.2, -0.15) is 0 Å². The van der Waals surface area contributed by atoms with Crippen LogP contribution in [0.2, 0.25) is 0 Å². The largest absolute Gasteiger partial charge is 0.392 e. The molecular weight excluding hydrogens is 244 g/mol. The Kier molecular flexibility index (Phi) is 3.43. The van der Waals surface area contributed by atoms with Crippen LogP contribution in [0, 0.1) is 12.8 Å². The van der Waals surface area contributed by atoms with Crippen LogP contribution in [-0.4, -0.2) is 40.2 Å². The first-order valence-corrected chi connectivity index (χ1v) is 7.82. The van der Waals surface area contributed by atoms with Crippen molar-refractivity contribution >= 4 is 11.3 Å². The van der Waals surface area contributed by atoms with Crippen molar-refractivity contribution in [1.29, 1.82) is 0 Å². The van der Waals surface area contributed by atoms with Crippen molar-refractivity contribution in [2.24, 2.45) is 5.92 Å². The van der Waals surface area contributed by atoms with Crippen LogP contribution in [0.25, 0.3) is 0 Å². The van der Waals surface area contributed by atoms with Gasteiger partial charge in [-0.05, 0) is 45.6 Å². The fourth-order valence-electron chi connectivity index (χ4n) is 3.61. The van der Waals surface area contributed by atoms with E-state index in [1.807, 2.05) is 6.92 Å². The zero-order valence-corrected chi connectivity index (χ0v) is 12.0. The zero-order chi connectivity index (χ0) is 12.7. The maximum absolute atomic E-state index is 10.4. The first-order chi connectivity index (χ1) is 8.63. The number of aliphatic hydroxyl groups excluding tert-OH is 1. The second-order valence-electron chi connectivity index (χ2n) is 5.94. The lowest BCUT2D eigenvalue weighted by Crippen LogP contribution is -2.43. The topological polar surface area (TPSA) is 36.4 Å². The Hall–Kier alpha value is -0.450. The summed E-state index contributed by atoms with van der Waals surface area (Å²) in [5, 5.41) is 13.6. The number of nitrogens with zero attached hydrogens (tertiary/aromatic N) is 2. The summed E-state index contributed by atoms with van der Waals surface area (Å²) in [4.78, 5) is 6.99. The van der Waals surface area contributed by atoms with Gasteiger partial charge in [0.05, 0.1) is 11.1 Å². The number of aromatic nitrogens is 1. The Balaban J connectivity index is 1.62. The Morgan fingerprint density at radius 1 is 1.44 bits per heavy atom. The summed E-state index contributed by atoms with van der Waals surface area (Å²) in [6.07, 6.45) is 5.51. The minimum Gasteiger partial charge on any atom is -0.392 e. The second-order valence-corrected chi connectivity index (χ2v) is 6.88. The van der Waals surface area contributed by atoms with E-state index in [1.165, 1.54) is 25.7 Å². The summed E-state index contributed by atoms with van der Waals surface area (Å²) in [6, 6.07) is 1.42. The Morgan fingerprint density at radius 3 is 2.67 bits per heavy atom. The summed E-state index contributed by atoms with van der Waals surface area (Å²) in [5.74, 6) is 0.475. The number of piperidine rings is 1. The van der Waals surface area contributed by atoms with Crippen molar-refractivity contribution < 1.29 is 5.11 Å². The molecule has 1 N–H and O–H groups in total. The monoisotopic (exact) mass is 266 g/mol. The molecule has 2 aliphatic heterocycles. The number of hydrogen-bond donors (Lipinski definition) is 1. The highest BCUT2D eigenvalue weighted by Crippen LogP contribution is 2.39. The average Bonchev–Trinajstić information content (AvgIpc) is 2.80. The van der Waals surface area contributed by atoms with E-state index in [4.69, 9.17) is 0 Å². The van der Waals surface area contributed by atoms with Crippen molar-refractivity contribution in [3.05, 3.63) is 16.1 Å². The van der Waals surface area contributed by atoms with Crippen molar-refractivity contribution in [1.82, 2.24) is 9.88 Å². The molecule has 4 heteroatoms. The highest BCUT2D eigenvalue weighted by Gasteiger charge is 2.40. The molecule has 1 aromatic rings. The van der Waals surface area contributed by atoms with Crippen LogP contribution in [0.4, 0.5) is 0 Å². The molecule has 0 aromatic carbocycles. The molecule has 0 saturated carbocycles. The first kappa shape index (κ1) is 12.6. The third-order valence-corrected chi connectivity index (χ3v) is 5.72. The molecule has 3 rings (SSSR count). The molecule has 2 aliphatic rings. The smallest absolute Gasteiger partial charge is 0.0954 e. The Labute approximate surface area is 113 Å². The van der Waals surface area contributed by atoms with Gasteiger partial charge in [-0.15, -0.1) is 11.3 Å². The van der Waals surface area contributed by atoms with Gasteiger partial charge in [-0.25, -0.2) is 4.98 Å². The molecule has 3 heterocycles. The lowest BCUT2D eigenvalue weighted by atomic mass is 9.85. The number of aliphatic hydroxyl groups is 1. The van der Waals surface area contributed by atoms with Crippen LogP contribution in [0.5, 0.6) is 0 Å². The van der Waals surface area contributed by atoms with E-state index in [1.54, 1.807) is 11.3 Å². The number of aryl methyl sites for hydroxylation is 1. The zero-order valence-electron chi connectivity index (χ0n) is 11.2. The van der Waals surface area contributed by atoms with E-state index in [0.29, 0.717) is 18.0 Å². The van der Waals surface area contributed by atoms with E-state index in [-0.39, 0.29) is 6.10 Å². The third kappa shape index (κ3) is 2.33. The quantitative estimate of drug-likeness (QED) is 0.911. The van der Waals surface area contributed by atoms with Crippen molar-refractivity contribution in [2.45, 2.75) is 57.2 Å². The van der Waals surface area contributed by atoms with E-state index in [0.717, 1.165) is 17.1 Å². The molecule has 3 unspecified atom stereocenters. The third-order valence-electron chi connectivity index (χ3n) is 4.73. The van der Waals surface area contributed by atoms with Gasteiger partial charge >= 0.3 is 0 Å². The van der Waals surface area contributed by atoms with Crippen LogP contribution in [-0.2, 0) is 6.42 Å². The van der Waals surface area contributed by atoms with Crippen molar-refractivity contribution in [3.63, 3.8) is 0 Å². The molecule has 100 valence electrons. The molecule has 1 aromatic heterocycles. The van der Waals surface area contributed by atoms with Gasteiger partial charge < -0.3 is 10.0 Å². The number of hydrogen-bond acceptors (Lipinski definition) is 4. The molecule has 0 amide bonds. The highest BCUT2D eigenvalue weighted by molar-refractivity contribution is 7.09. The molecule has 18 heavy (non-hydrogen) atoms. The summed E-state index contributed by atoms with van der Waals surface area (Å²) < 4.78 is 0. The Morgan fingerprint density at radius 2 is 2.11 bits per heavy atom. The molecule has 2 fully saturated rings. The minimum absolute atomic E-state index is 0.202. The maximum atomic E-state index is 10.4. The number of rotatable bonds is 3. The predicted octanol–water partition coefficient (Wildman–Crippen LogP) is 2.23. The van der Waals surface area contributed by atoms with Crippen LogP contribution < -0.4 is 0 Å². The minimum atomic E-state index is -0.202. The highest BCUT2D eigenvalue weighted by atomic mass is 32.1. The van der Waals surface area contributed by atoms with Crippen molar-refractivity contribution in [2.75, 3.05) is 7.05 Å². The fraction of sp³-hybridized carbons (Fsp3) is 0.786. The predicted molar refractivity (Wildman–Crippen MR) is 73.9 cm³/mol. The molecule has 0 spiro atoms. The molecule has 2 saturated heterocycles. The van der Waals surface area contributed by atoms with Gasteiger partial charge in [-0.1, -0.05) is 0 Å². The van der Waals surface area contributed by atoms with Crippen LogP contribution in [0.15, 0.2) is 5.38 Å². The number of fused-ring (bicyclic) bond motifs is 2. The molecular formula is C14H22N2OS. The summed E-state index contributed by atoms with van der Waals surface area (Å²) in [5.41, 5.74) is 1.07. The van der Waals surface area contributed by atoms with Gasteiger partial charge in [0.1, 0.15) is 0 Å². The van der Waals surface area contributed by atoms with E-state index >= 15 is 0 Å². The molecule has 3 nitrogen and oxygen atoms in total. The summed E-state index contributed by atoms with van der Waals surface area (Å²) >= 11 is 1.68. The molecule has 0 radical (unpaired) electrons. The number of thiazole rings is 1. The molecule has 0 aliphatic carbocycles. The normalized spacial score (nSPS) is 33.8.